The average Bonchev–Trinajstić information content (AvgIpc) is 2.88. The largest absolute Gasteiger partial charge is 0.310 e. The van der Waals surface area contributed by atoms with Crippen LogP contribution >= 0.6 is 0 Å². The van der Waals surface area contributed by atoms with E-state index in [1.54, 1.807) is 0 Å². The second-order valence-electron chi connectivity index (χ2n) is 5.72. The van der Waals surface area contributed by atoms with Crippen LogP contribution in [0.2, 0.25) is 0 Å². The number of hydrogen-bond donors (Lipinski definition) is 1. The van der Waals surface area contributed by atoms with Crippen LogP contribution in [0.4, 0.5) is 0 Å². The molecule has 0 saturated heterocycles. The third-order valence-electron chi connectivity index (χ3n) is 3.55. The molecule has 1 heterocycles. The second-order valence-corrected chi connectivity index (χ2v) is 5.72. The molecule has 1 aromatic heterocycles. The smallest absolute Gasteiger partial charge is 0.151 e. The first-order chi connectivity index (χ1) is 10.0. The molecule has 0 aliphatic rings. The molecule has 21 heavy (non-hydrogen) atoms. The Bertz CT molecular complexity index is 599. The minimum atomic E-state index is 0.499. The zero-order valence-electron chi connectivity index (χ0n) is 13.8. The molecular formula is C17H26N4. The van der Waals surface area contributed by atoms with Gasteiger partial charge in [-0.2, -0.15) is 5.10 Å². The van der Waals surface area contributed by atoms with Crippen LogP contribution in [-0.2, 0) is 19.4 Å². The van der Waals surface area contributed by atoms with Crippen molar-refractivity contribution in [2.45, 2.75) is 60.0 Å². The summed E-state index contributed by atoms with van der Waals surface area (Å²) >= 11 is 0. The quantitative estimate of drug-likeness (QED) is 0.886. The first-order valence-corrected chi connectivity index (χ1v) is 7.83. The van der Waals surface area contributed by atoms with Gasteiger partial charge < -0.3 is 5.32 Å². The van der Waals surface area contributed by atoms with E-state index in [0.29, 0.717) is 6.04 Å². The fourth-order valence-electron chi connectivity index (χ4n) is 2.35. The molecule has 0 spiro atoms. The van der Waals surface area contributed by atoms with E-state index >= 15 is 0 Å². The van der Waals surface area contributed by atoms with E-state index in [1.807, 2.05) is 4.68 Å². The molecule has 0 aliphatic heterocycles. The lowest BCUT2D eigenvalue weighted by Crippen LogP contribution is -2.21. The molecule has 2 rings (SSSR count). The van der Waals surface area contributed by atoms with Crippen LogP contribution in [0.25, 0.3) is 5.69 Å². The molecule has 0 unspecified atom stereocenters. The van der Waals surface area contributed by atoms with E-state index in [0.717, 1.165) is 36.7 Å². The first-order valence-electron chi connectivity index (χ1n) is 7.83. The average molecular weight is 286 g/mol. The fourth-order valence-corrected chi connectivity index (χ4v) is 2.35. The molecule has 0 fully saturated rings. The second kappa shape index (κ2) is 6.85. The molecule has 4 heteroatoms. The summed E-state index contributed by atoms with van der Waals surface area (Å²) in [5.74, 6) is 1.94. The van der Waals surface area contributed by atoms with Gasteiger partial charge in [-0.3, -0.25) is 0 Å². The molecule has 2 aromatic rings. The molecule has 0 amide bonds. The van der Waals surface area contributed by atoms with Crippen molar-refractivity contribution in [3.8, 4) is 5.69 Å². The van der Waals surface area contributed by atoms with Gasteiger partial charge in [0.25, 0.3) is 0 Å². The van der Waals surface area contributed by atoms with Gasteiger partial charge in [0.05, 0.1) is 5.69 Å². The number of nitrogens with zero attached hydrogens (tertiary/aromatic N) is 3. The molecule has 1 aromatic carbocycles. The van der Waals surface area contributed by atoms with Gasteiger partial charge in [0.2, 0.25) is 0 Å². The Morgan fingerprint density at radius 2 is 1.95 bits per heavy atom. The van der Waals surface area contributed by atoms with Crippen LogP contribution in [0.5, 0.6) is 0 Å². The topological polar surface area (TPSA) is 42.7 Å². The number of nitrogens with one attached hydrogen (secondary N) is 1. The zero-order chi connectivity index (χ0) is 15.4. The molecule has 1 N–H and O–H groups in total. The Balaban J connectivity index is 2.30. The summed E-state index contributed by atoms with van der Waals surface area (Å²) in [5, 5.41) is 8.07. The van der Waals surface area contributed by atoms with Crippen molar-refractivity contribution in [2.75, 3.05) is 0 Å². The Morgan fingerprint density at radius 1 is 1.19 bits per heavy atom. The molecule has 0 atom stereocenters. The van der Waals surface area contributed by atoms with E-state index in [4.69, 9.17) is 0 Å². The lowest BCUT2D eigenvalue weighted by molar-refractivity contribution is 0.588. The summed E-state index contributed by atoms with van der Waals surface area (Å²) in [6.07, 6.45) is 1.76. The molecule has 4 nitrogen and oxygen atoms in total. The highest BCUT2D eigenvalue weighted by Gasteiger charge is 2.11. The van der Waals surface area contributed by atoms with Gasteiger partial charge in [0.1, 0.15) is 5.82 Å². The van der Waals surface area contributed by atoms with Gasteiger partial charge >= 0.3 is 0 Å². The summed E-state index contributed by atoms with van der Waals surface area (Å²) in [5.41, 5.74) is 3.67. The third-order valence-corrected chi connectivity index (χ3v) is 3.55. The van der Waals surface area contributed by atoms with Gasteiger partial charge in [-0.25, -0.2) is 9.67 Å². The number of rotatable bonds is 6. The van der Waals surface area contributed by atoms with Crippen molar-refractivity contribution in [3.63, 3.8) is 0 Å². The highest BCUT2D eigenvalue weighted by molar-refractivity contribution is 5.42. The predicted octanol–water partition coefficient (Wildman–Crippen LogP) is 3.20. The number of aromatic nitrogens is 3. The first kappa shape index (κ1) is 15.7. The predicted molar refractivity (Wildman–Crippen MR) is 86.8 cm³/mol. The summed E-state index contributed by atoms with van der Waals surface area (Å²) in [6, 6.07) is 7.06. The normalized spacial score (nSPS) is 11.3. The van der Waals surface area contributed by atoms with E-state index in [-0.39, 0.29) is 0 Å². The van der Waals surface area contributed by atoms with Crippen LogP contribution in [0, 0.1) is 6.92 Å². The van der Waals surface area contributed by atoms with Crippen LogP contribution in [0.15, 0.2) is 18.2 Å². The van der Waals surface area contributed by atoms with Crippen molar-refractivity contribution < 1.29 is 0 Å². The highest BCUT2D eigenvalue weighted by atomic mass is 15.3. The minimum absolute atomic E-state index is 0.499. The number of benzene rings is 1. The summed E-state index contributed by atoms with van der Waals surface area (Å²) < 4.78 is 1.99. The molecular weight excluding hydrogens is 260 g/mol. The van der Waals surface area contributed by atoms with Gasteiger partial charge in [-0.15, -0.1) is 0 Å². The van der Waals surface area contributed by atoms with E-state index in [2.05, 4.69) is 68.2 Å². The molecule has 0 radical (unpaired) electrons. The van der Waals surface area contributed by atoms with Gasteiger partial charge in [-0.05, 0) is 24.1 Å². The SMILES string of the molecule is CCc1nc(CC)n(-c2ccc(CNC(C)C)cc2C)n1. The number of hydrogen-bond acceptors (Lipinski definition) is 3. The van der Waals surface area contributed by atoms with Crippen LogP contribution in [0.1, 0.15) is 50.5 Å². The summed E-state index contributed by atoms with van der Waals surface area (Å²) in [7, 11) is 0. The van der Waals surface area contributed by atoms with Crippen molar-refractivity contribution in [1.82, 2.24) is 20.1 Å². The molecule has 0 aliphatic carbocycles. The van der Waals surface area contributed by atoms with Crippen molar-refractivity contribution in [3.05, 3.63) is 41.0 Å². The van der Waals surface area contributed by atoms with E-state index < -0.39 is 0 Å². The maximum absolute atomic E-state index is 4.62. The standard InChI is InChI=1S/C17H26N4/c1-6-16-19-17(7-2)21(20-16)15-9-8-14(10-13(15)5)11-18-12(3)4/h8-10,12,18H,6-7,11H2,1-5H3. The van der Waals surface area contributed by atoms with Gasteiger partial charge in [0.15, 0.2) is 5.82 Å². The third kappa shape index (κ3) is 3.70. The van der Waals surface area contributed by atoms with Gasteiger partial charge in [-0.1, -0.05) is 39.8 Å². The monoisotopic (exact) mass is 286 g/mol. The van der Waals surface area contributed by atoms with Crippen LogP contribution in [-0.4, -0.2) is 20.8 Å². The fraction of sp³-hybridized carbons (Fsp3) is 0.529. The Labute approximate surface area is 127 Å². The van der Waals surface area contributed by atoms with Crippen molar-refractivity contribution in [2.24, 2.45) is 0 Å². The maximum atomic E-state index is 4.62. The minimum Gasteiger partial charge on any atom is -0.310 e. The van der Waals surface area contributed by atoms with Crippen molar-refractivity contribution in [1.29, 1.82) is 0 Å². The van der Waals surface area contributed by atoms with Crippen molar-refractivity contribution >= 4 is 0 Å². The molecule has 0 bridgehead atoms. The van der Waals surface area contributed by atoms with Gasteiger partial charge in [0, 0.05) is 25.4 Å². The van der Waals surface area contributed by atoms with E-state index in [1.165, 1.54) is 11.1 Å². The van der Waals surface area contributed by atoms with E-state index in [9.17, 15) is 0 Å². The van der Waals surface area contributed by atoms with Crippen LogP contribution in [0.3, 0.4) is 0 Å². The Kier molecular flexibility index (Phi) is 5.12. The van der Waals surface area contributed by atoms with Crippen LogP contribution < -0.4 is 5.32 Å². The maximum Gasteiger partial charge on any atom is 0.151 e. The molecule has 0 saturated carbocycles. The summed E-state index contributed by atoms with van der Waals surface area (Å²) in [4.78, 5) is 4.59. The highest BCUT2D eigenvalue weighted by Crippen LogP contribution is 2.18. The molecule has 114 valence electrons. The lowest BCUT2D eigenvalue weighted by Gasteiger charge is -2.12. The number of aryl methyl sites for hydroxylation is 3. The summed E-state index contributed by atoms with van der Waals surface area (Å²) in [6.45, 7) is 11.6. The lowest BCUT2D eigenvalue weighted by atomic mass is 10.1. The Hall–Kier alpha value is -1.68. The Morgan fingerprint density at radius 3 is 2.52 bits per heavy atom. The zero-order valence-corrected chi connectivity index (χ0v) is 13.8.